The maximum atomic E-state index is 4.47. The smallest absolute Gasteiger partial charge is 0.126 e. The highest BCUT2D eigenvalue weighted by atomic mass is 14.9. The Bertz CT molecular complexity index is 481. The second-order valence-corrected chi connectivity index (χ2v) is 4.39. The molecule has 0 radical (unpaired) electrons. The zero-order valence-corrected chi connectivity index (χ0v) is 10.7. The lowest BCUT2D eigenvalue weighted by Gasteiger charge is -2.05. The van der Waals surface area contributed by atoms with Crippen LogP contribution in [-0.4, -0.2) is 9.97 Å². The molecule has 0 atom stereocenters. The van der Waals surface area contributed by atoms with Gasteiger partial charge in [0.25, 0.3) is 0 Å². The van der Waals surface area contributed by atoms with Crippen LogP contribution in [0.1, 0.15) is 30.4 Å². The second-order valence-electron chi connectivity index (χ2n) is 4.39. The third-order valence-corrected chi connectivity index (χ3v) is 2.75. The van der Waals surface area contributed by atoms with Crippen LogP contribution < -0.4 is 0 Å². The van der Waals surface area contributed by atoms with Crippen molar-refractivity contribution < 1.29 is 0 Å². The zero-order chi connectivity index (χ0) is 12.3. The number of aryl methyl sites for hydroxylation is 3. The molecule has 2 aromatic rings. The van der Waals surface area contributed by atoms with Crippen LogP contribution in [0.2, 0.25) is 0 Å². The van der Waals surface area contributed by atoms with Crippen LogP contribution in [0, 0.1) is 13.8 Å². The molecule has 0 N–H and O–H groups in total. The maximum Gasteiger partial charge on any atom is 0.126 e. The molecule has 0 saturated heterocycles. The van der Waals surface area contributed by atoms with Crippen LogP contribution in [0.5, 0.6) is 0 Å². The minimum Gasteiger partial charge on any atom is -0.239 e. The molecule has 0 aliphatic carbocycles. The van der Waals surface area contributed by atoms with E-state index in [9.17, 15) is 0 Å². The Balaban J connectivity index is 2.32. The van der Waals surface area contributed by atoms with Crippen molar-refractivity contribution >= 4 is 0 Å². The molecule has 0 bridgehead atoms. The summed E-state index contributed by atoms with van der Waals surface area (Å²) in [6.07, 6.45) is 2.33. The highest BCUT2D eigenvalue weighted by molar-refractivity contribution is 5.59. The van der Waals surface area contributed by atoms with Gasteiger partial charge in [-0.1, -0.05) is 37.6 Å². The highest BCUT2D eigenvalue weighted by Gasteiger charge is 2.02. The van der Waals surface area contributed by atoms with Gasteiger partial charge in [0.1, 0.15) is 5.82 Å². The van der Waals surface area contributed by atoms with Crippen LogP contribution in [0.3, 0.4) is 0 Å². The van der Waals surface area contributed by atoms with Gasteiger partial charge in [0.15, 0.2) is 0 Å². The predicted octanol–water partition coefficient (Wildman–Crippen LogP) is 3.71. The molecule has 0 aliphatic rings. The first-order valence-corrected chi connectivity index (χ1v) is 6.10. The molecule has 2 heteroatoms. The number of rotatable bonds is 3. The fourth-order valence-corrected chi connectivity index (χ4v) is 2.00. The molecule has 88 valence electrons. The van der Waals surface area contributed by atoms with E-state index in [1.54, 1.807) is 0 Å². The minimum absolute atomic E-state index is 0.831. The monoisotopic (exact) mass is 226 g/mol. The summed E-state index contributed by atoms with van der Waals surface area (Å²) in [6.45, 7) is 6.14. The molecule has 0 saturated carbocycles. The average molecular weight is 226 g/mol. The summed E-state index contributed by atoms with van der Waals surface area (Å²) >= 11 is 0. The molecule has 1 aromatic carbocycles. The van der Waals surface area contributed by atoms with E-state index >= 15 is 0 Å². The zero-order valence-electron chi connectivity index (χ0n) is 10.7. The van der Waals surface area contributed by atoms with Crippen LogP contribution in [0.15, 0.2) is 30.3 Å². The Labute approximate surface area is 103 Å². The van der Waals surface area contributed by atoms with E-state index in [0.29, 0.717) is 0 Å². The third kappa shape index (κ3) is 2.90. The molecule has 1 aromatic heterocycles. The van der Waals surface area contributed by atoms with E-state index in [-0.39, 0.29) is 0 Å². The molecule has 2 nitrogen and oxygen atoms in total. The summed E-state index contributed by atoms with van der Waals surface area (Å²) in [5, 5.41) is 0. The first-order valence-electron chi connectivity index (χ1n) is 6.10. The first kappa shape index (κ1) is 11.8. The molecular formula is C15H18N2. The van der Waals surface area contributed by atoms with E-state index < -0.39 is 0 Å². The number of nitrogens with zero attached hydrogens (tertiary/aromatic N) is 2. The second kappa shape index (κ2) is 5.09. The van der Waals surface area contributed by atoms with Crippen molar-refractivity contribution in [2.75, 3.05) is 0 Å². The topological polar surface area (TPSA) is 25.8 Å². The normalized spacial score (nSPS) is 10.5. The number of hydrogen-bond donors (Lipinski definition) is 0. The molecule has 0 spiro atoms. The van der Waals surface area contributed by atoms with Crippen LogP contribution in [0.4, 0.5) is 0 Å². The van der Waals surface area contributed by atoms with Crippen LogP contribution >= 0.6 is 0 Å². The van der Waals surface area contributed by atoms with Crippen molar-refractivity contribution in [3.05, 3.63) is 47.4 Å². The van der Waals surface area contributed by atoms with Crippen molar-refractivity contribution in [2.24, 2.45) is 0 Å². The lowest BCUT2D eigenvalue weighted by molar-refractivity contribution is 0.922. The summed E-state index contributed by atoms with van der Waals surface area (Å²) < 4.78 is 0. The standard InChI is InChI=1S/C15H18N2/c1-4-5-13-6-8-14(9-7-13)15-10-11(2)16-12(3)17-15/h6-10H,4-5H2,1-3H3. The maximum absolute atomic E-state index is 4.47. The van der Waals surface area contributed by atoms with Gasteiger partial charge in [-0.2, -0.15) is 0 Å². The fraction of sp³-hybridized carbons (Fsp3) is 0.333. The number of hydrogen-bond acceptors (Lipinski definition) is 2. The Kier molecular flexibility index (Phi) is 3.52. The Morgan fingerprint density at radius 3 is 2.29 bits per heavy atom. The summed E-state index contributed by atoms with van der Waals surface area (Å²) in [5.74, 6) is 0.831. The minimum atomic E-state index is 0.831. The van der Waals surface area contributed by atoms with Gasteiger partial charge in [-0.05, 0) is 31.9 Å². The van der Waals surface area contributed by atoms with E-state index in [0.717, 1.165) is 23.6 Å². The molecular weight excluding hydrogens is 208 g/mol. The largest absolute Gasteiger partial charge is 0.239 e. The Morgan fingerprint density at radius 2 is 1.71 bits per heavy atom. The van der Waals surface area contributed by atoms with Crippen molar-refractivity contribution in [2.45, 2.75) is 33.6 Å². The van der Waals surface area contributed by atoms with E-state index in [1.807, 2.05) is 19.9 Å². The summed E-state index contributed by atoms with van der Waals surface area (Å²) in [5.41, 5.74) is 4.58. The summed E-state index contributed by atoms with van der Waals surface area (Å²) in [6, 6.07) is 10.7. The van der Waals surface area contributed by atoms with Gasteiger partial charge < -0.3 is 0 Å². The fourth-order valence-electron chi connectivity index (χ4n) is 2.00. The van der Waals surface area contributed by atoms with Gasteiger partial charge >= 0.3 is 0 Å². The quantitative estimate of drug-likeness (QED) is 0.797. The van der Waals surface area contributed by atoms with E-state index in [1.165, 1.54) is 17.5 Å². The van der Waals surface area contributed by atoms with Crippen molar-refractivity contribution in [3.63, 3.8) is 0 Å². The van der Waals surface area contributed by atoms with Crippen molar-refractivity contribution in [1.82, 2.24) is 9.97 Å². The SMILES string of the molecule is CCCc1ccc(-c2cc(C)nc(C)n2)cc1. The van der Waals surface area contributed by atoms with Gasteiger partial charge in [0.2, 0.25) is 0 Å². The molecule has 0 aliphatic heterocycles. The molecule has 2 rings (SSSR count). The van der Waals surface area contributed by atoms with Crippen LogP contribution in [0.25, 0.3) is 11.3 Å². The Hall–Kier alpha value is -1.70. The number of benzene rings is 1. The lowest BCUT2D eigenvalue weighted by atomic mass is 10.1. The van der Waals surface area contributed by atoms with Crippen molar-refractivity contribution in [1.29, 1.82) is 0 Å². The lowest BCUT2D eigenvalue weighted by Crippen LogP contribution is -1.94. The van der Waals surface area contributed by atoms with Gasteiger partial charge in [0.05, 0.1) is 5.69 Å². The molecule has 1 heterocycles. The van der Waals surface area contributed by atoms with Gasteiger partial charge in [-0.25, -0.2) is 9.97 Å². The average Bonchev–Trinajstić information content (AvgIpc) is 2.29. The third-order valence-electron chi connectivity index (χ3n) is 2.75. The molecule has 0 unspecified atom stereocenters. The summed E-state index contributed by atoms with van der Waals surface area (Å²) in [7, 11) is 0. The summed E-state index contributed by atoms with van der Waals surface area (Å²) in [4.78, 5) is 8.76. The number of aromatic nitrogens is 2. The Morgan fingerprint density at radius 1 is 1.00 bits per heavy atom. The van der Waals surface area contributed by atoms with Crippen molar-refractivity contribution in [3.8, 4) is 11.3 Å². The highest BCUT2D eigenvalue weighted by Crippen LogP contribution is 2.18. The van der Waals surface area contributed by atoms with E-state index in [2.05, 4.69) is 41.2 Å². The van der Waals surface area contributed by atoms with Gasteiger partial charge in [0, 0.05) is 11.3 Å². The first-order chi connectivity index (χ1) is 8.19. The molecule has 0 fully saturated rings. The van der Waals surface area contributed by atoms with Gasteiger partial charge in [-0.15, -0.1) is 0 Å². The van der Waals surface area contributed by atoms with Gasteiger partial charge in [-0.3, -0.25) is 0 Å². The molecule has 0 amide bonds. The predicted molar refractivity (Wildman–Crippen MR) is 70.9 cm³/mol. The van der Waals surface area contributed by atoms with Crippen LogP contribution in [-0.2, 0) is 6.42 Å². The molecule has 17 heavy (non-hydrogen) atoms. The van der Waals surface area contributed by atoms with E-state index in [4.69, 9.17) is 0 Å².